The van der Waals surface area contributed by atoms with E-state index in [4.69, 9.17) is 9.47 Å². The van der Waals surface area contributed by atoms with Crippen LogP contribution in [0.2, 0.25) is 0 Å². The zero-order valence-corrected chi connectivity index (χ0v) is 22.2. The lowest BCUT2D eigenvalue weighted by molar-refractivity contribution is 0.0134. The van der Waals surface area contributed by atoms with Crippen LogP contribution in [-0.4, -0.2) is 55.6 Å². The minimum absolute atomic E-state index is 0.220. The van der Waals surface area contributed by atoms with E-state index in [1.807, 2.05) is 18.2 Å². The number of unbranched alkanes of at least 4 members (excludes halogenated alkanes) is 1. The van der Waals surface area contributed by atoms with E-state index >= 15 is 0 Å². The molecule has 1 saturated heterocycles. The second-order valence-corrected chi connectivity index (χ2v) is 10.9. The molecule has 5 rings (SSSR count). The van der Waals surface area contributed by atoms with Crippen LogP contribution in [0.1, 0.15) is 79.8 Å². The van der Waals surface area contributed by atoms with E-state index in [1.165, 1.54) is 23.2 Å². The minimum Gasteiger partial charge on any atom is -0.493 e. The summed E-state index contributed by atoms with van der Waals surface area (Å²) in [6.07, 6.45) is 9.31. The number of benzene rings is 2. The molecule has 0 radical (unpaired) electrons. The number of fused-ring (bicyclic) bond motifs is 1. The van der Waals surface area contributed by atoms with E-state index in [2.05, 4.69) is 41.8 Å². The van der Waals surface area contributed by atoms with Crippen molar-refractivity contribution in [2.24, 2.45) is 0 Å². The van der Waals surface area contributed by atoms with E-state index in [9.17, 15) is 4.79 Å². The molecule has 2 fully saturated rings. The van der Waals surface area contributed by atoms with E-state index in [1.54, 1.807) is 0 Å². The Morgan fingerprint density at radius 3 is 2.58 bits per heavy atom. The number of piperazine rings is 1. The third kappa shape index (κ3) is 5.56. The molecule has 0 atom stereocenters. The molecule has 0 bridgehead atoms. The normalized spacial score (nSPS) is 19.7. The highest BCUT2D eigenvalue weighted by molar-refractivity contribution is 6.00. The first kappa shape index (κ1) is 25.1. The first-order chi connectivity index (χ1) is 17.6. The summed E-state index contributed by atoms with van der Waals surface area (Å²) >= 11 is 0. The lowest BCUT2D eigenvalue weighted by atomic mass is 9.78. The van der Waals surface area contributed by atoms with Gasteiger partial charge < -0.3 is 14.4 Å². The number of nitrogens with zero attached hydrogens (tertiary/aromatic N) is 2. The van der Waals surface area contributed by atoms with Crippen LogP contribution in [0.25, 0.3) is 0 Å². The van der Waals surface area contributed by atoms with Crippen LogP contribution in [-0.2, 0) is 6.42 Å². The van der Waals surface area contributed by atoms with Gasteiger partial charge in [0.2, 0.25) is 0 Å². The number of ketones is 1. The molecule has 2 aromatic rings. The fourth-order valence-electron chi connectivity index (χ4n) is 6.32. The van der Waals surface area contributed by atoms with Crippen LogP contribution in [0.4, 0.5) is 5.69 Å². The van der Waals surface area contributed by atoms with E-state index in [-0.39, 0.29) is 11.4 Å². The highest BCUT2D eigenvalue weighted by Gasteiger charge is 2.41. The summed E-state index contributed by atoms with van der Waals surface area (Å²) in [5.74, 6) is 1.76. The zero-order valence-electron chi connectivity index (χ0n) is 22.2. The molecule has 2 aliphatic heterocycles. The molecular formula is C31H42N2O3. The molecule has 1 spiro atoms. The minimum atomic E-state index is -0.275. The third-order valence-corrected chi connectivity index (χ3v) is 8.42. The SMILES string of the molecule is CCc1c(C)cccc1N1CCN(CCCCOc2ccc3c(c2)OC2(CCCCC2)CC3=O)CC1. The van der Waals surface area contributed by atoms with Crippen LogP contribution < -0.4 is 14.4 Å². The number of carbonyl (C=O) groups is 1. The second-order valence-electron chi connectivity index (χ2n) is 10.9. The van der Waals surface area contributed by atoms with Crippen molar-refractivity contribution in [2.45, 2.75) is 77.2 Å². The Morgan fingerprint density at radius 2 is 1.81 bits per heavy atom. The van der Waals surface area contributed by atoms with E-state index < -0.39 is 0 Å². The molecule has 194 valence electrons. The Balaban J connectivity index is 1.05. The maximum Gasteiger partial charge on any atom is 0.170 e. The van der Waals surface area contributed by atoms with Gasteiger partial charge in [-0.1, -0.05) is 25.5 Å². The fourth-order valence-corrected chi connectivity index (χ4v) is 6.32. The van der Waals surface area contributed by atoms with Crippen LogP contribution in [0.5, 0.6) is 11.5 Å². The Labute approximate surface area is 216 Å². The second kappa shape index (κ2) is 11.2. The molecule has 5 heteroatoms. The van der Waals surface area contributed by atoms with Gasteiger partial charge in [-0.2, -0.15) is 0 Å². The first-order valence-electron chi connectivity index (χ1n) is 14.1. The van der Waals surface area contributed by atoms with Gasteiger partial charge in [-0.05, 0) is 87.7 Å². The average Bonchev–Trinajstić information content (AvgIpc) is 2.89. The molecule has 1 aliphatic carbocycles. The van der Waals surface area contributed by atoms with Crippen LogP contribution in [0.3, 0.4) is 0 Å². The van der Waals surface area contributed by atoms with Gasteiger partial charge in [0.05, 0.1) is 18.6 Å². The van der Waals surface area contributed by atoms with Gasteiger partial charge in [-0.25, -0.2) is 0 Å². The number of anilines is 1. The van der Waals surface area contributed by atoms with Crippen molar-refractivity contribution in [3.8, 4) is 11.5 Å². The number of aryl methyl sites for hydroxylation is 1. The summed E-state index contributed by atoms with van der Waals surface area (Å²) in [4.78, 5) is 17.9. The highest BCUT2D eigenvalue weighted by atomic mass is 16.5. The fraction of sp³-hybridized carbons (Fsp3) is 0.581. The van der Waals surface area contributed by atoms with Gasteiger partial charge in [0, 0.05) is 37.9 Å². The van der Waals surface area contributed by atoms with Crippen LogP contribution >= 0.6 is 0 Å². The maximum atomic E-state index is 12.7. The van der Waals surface area contributed by atoms with Crippen molar-refractivity contribution in [3.63, 3.8) is 0 Å². The molecule has 36 heavy (non-hydrogen) atoms. The van der Waals surface area contributed by atoms with Crippen molar-refractivity contribution < 1.29 is 14.3 Å². The van der Waals surface area contributed by atoms with Gasteiger partial charge in [0.15, 0.2) is 5.78 Å². The average molecular weight is 491 g/mol. The van der Waals surface area contributed by atoms with Gasteiger partial charge in [-0.15, -0.1) is 0 Å². The number of carbonyl (C=O) groups excluding carboxylic acids is 1. The van der Waals surface area contributed by atoms with Gasteiger partial charge in [-0.3, -0.25) is 9.69 Å². The number of hydrogen-bond donors (Lipinski definition) is 0. The molecule has 0 unspecified atom stereocenters. The van der Waals surface area contributed by atoms with Gasteiger partial charge in [0.25, 0.3) is 0 Å². The zero-order chi connectivity index (χ0) is 25.0. The lowest BCUT2D eigenvalue weighted by Gasteiger charge is -2.40. The topological polar surface area (TPSA) is 42.0 Å². The smallest absolute Gasteiger partial charge is 0.170 e. The molecular weight excluding hydrogens is 448 g/mol. The molecule has 5 nitrogen and oxygen atoms in total. The summed E-state index contributed by atoms with van der Waals surface area (Å²) in [7, 11) is 0. The van der Waals surface area contributed by atoms with E-state index in [0.29, 0.717) is 13.0 Å². The van der Waals surface area contributed by atoms with Gasteiger partial charge >= 0.3 is 0 Å². The standard InChI is InChI=1S/C31H42N2O3/c1-3-26-24(2)10-9-11-28(26)33-19-17-32(18-20-33)16-7-8-21-35-25-12-13-27-29(34)23-31(36-30(27)22-25)14-5-4-6-15-31/h9-13,22H,3-8,14-21,23H2,1-2H3. The summed E-state index contributed by atoms with van der Waals surface area (Å²) in [6.45, 7) is 10.7. The lowest BCUT2D eigenvalue weighted by Crippen LogP contribution is -2.47. The van der Waals surface area contributed by atoms with Crippen molar-refractivity contribution in [2.75, 3.05) is 44.2 Å². The van der Waals surface area contributed by atoms with Crippen LogP contribution in [0.15, 0.2) is 36.4 Å². The molecule has 2 aromatic carbocycles. The quantitative estimate of drug-likeness (QED) is 0.412. The van der Waals surface area contributed by atoms with Crippen molar-refractivity contribution in [3.05, 3.63) is 53.1 Å². The largest absolute Gasteiger partial charge is 0.493 e. The monoisotopic (exact) mass is 490 g/mol. The Bertz CT molecular complexity index is 1050. The summed E-state index contributed by atoms with van der Waals surface area (Å²) in [5.41, 5.74) is 4.77. The first-order valence-corrected chi connectivity index (χ1v) is 14.1. The number of Topliss-reactive ketones (excluding diaryl/α,β-unsaturated/α-hetero) is 1. The van der Waals surface area contributed by atoms with Crippen molar-refractivity contribution in [1.82, 2.24) is 4.90 Å². The predicted octanol–water partition coefficient (Wildman–Crippen LogP) is 6.21. The summed E-state index contributed by atoms with van der Waals surface area (Å²) in [6, 6.07) is 12.5. The number of rotatable bonds is 8. The van der Waals surface area contributed by atoms with Crippen LogP contribution in [0, 0.1) is 6.92 Å². The number of ether oxygens (including phenoxy) is 2. The molecule has 2 heterocycles. The summed E-state index contributed by atoms with van der Waals surface area (Å²) < 4.78 is 12.5. The Morgan fingerprint density at radius 1 is 1.00 bits per heavy atom. The molecule has 3 aliphatic rings. The summed E-state index contributed by atoms with van der Waals surface area (Å²) in [5, 5.41) is 0. The third-order valence-electron chi connectivity index (χ3n) is 8.42. The number of hydrogen-bond acceptors (Lipinski definition) is 5. The van der Waals surface area contributed by atoms with Crippen molar-refractivity contribution in [1.29, 1.82) is 0 Å². The molecule has 0 N–H and O–H groups in total. The predicted molar refractivity (Wildman–Crippen MR) is 146 cm³/mol. The van der Waals surface area contributed by atoms with Gasteiger partial charge in [0.1, 0.15) is 17.1 Å². The molecule has 0 amide bonds. The van der Waals surface area contributed by atoms with E-state index in [0.717, 1.165) is 94.7 Å². The molecule has 1 saturated carbocycles. The Hall–Kier alpha value is -2.53. The highest BCUT2D eigenvalue weighted by Crippen LogP contribution is 2.42. The molecule has 0 aromatic heterocycles. The van der Waals surface area contributed by atoms with Crippen molar-refractivity contribution >= 4 is 11.5 Å². The maximum absolute atomic E-state index is 12.7. The Kier molecular flexibility index (Phi) is 7.85.